The van der Waals surface area contributed by atoms with Crippen LogP contribution in [0.3, 0.4) is 0 Å². The Hall–Kier alpha value is -2.62. The van der Waals surface area contributed by atoms with Gasteiger partial charge in [0.05, 0.1) is 6.54 Å². The molecule has 0 fully saturated rings. The molecule has 1 aromatic carbocycles. The summed E-state index contributed by atoms with van der Waals surface area (Å²) in [5, 5.41) is 0.887. The van der Waals surface area contributed by atoms with E-state index in [9.17, 15) is 9.59 Å². The number of aryl methyl sites for hydroxylation is 1. The van der Waals surface area contributed by atoms with Crippen LogP contribution in [0.2, 0.25) is 0 Å². The molecule has 3 aromatic rings. The zero-order chi connectivity index (χ0) is 14.1. The summed E-state index contributed by atoms with van der Waals surface area (Å²) in [7, 11) is 0. The number of nitrogens with zero attached hydrogens (tertiary/aromatic N) is 1. The van der Waals surface area contributed by atoms with Crippen molar-refractivity contribution in [3.63, 3.8) is 0 Å². The summed E-state index contributed by atoms with van der Waals surface area (Å²) < 4.78 is 1.43. The van der Waals surface area contributed by atoms with E-state index in [1.165, 1.54) is 10.6 Å². The summed E-state index contributed by atoms with van der Waals surface area (Å²) in [5.74, 6) is -0.0756. The molecule has 0 radical (unpaired) electrons. The maximum Gasteiger partial charge on any atom is 0.251 e. The predicted molar refractivity (Wildman–Crippen MR) is 78.1 cm³/mol. The number of carbonyl (C=O) groups excluding carboxylic acids is 1. The number of nitrogens with one attached hydrogen (secondary N) is 1. The van der Waals surface area contributed by atoms with Crippen LogP contribution in [0.15, 0.2) is 53.6 Å². The van der Waals surface area contributed by atoms with Crippen molar-refractivity contribution in [2.75, 3.05) is 0 Å². The van der Waals surface area contributed by atoms with Crippen molar-refractivity contribution >= 4 is 16.7 Å². The van der Waals surface area contributed by atoms with E-state index in [4.69, 9.17) is 0 Å². The van der Waals surface area contributed by atoms with Crippen molar-refractivity contribution in [2.24, 2.45) is 0 Å². The van der Waals surface area contributed by atoms with Crippen LogP contribution in [0.25, 0.3) is 10.9 Å². The van der Waals surface area contributed by atoms with Crippen LogP contribution in [0.1, 0.15) is 15.9 Å². The molecule has 0 bridgehead atoms. The predicted octanol–water partition coefficient (Wildman–Crippen LogP) is 2.52. The normalized spacial score (nSPS) is 10.8. The van der Waals surface area contributed by atoms with Gasteiger partial charge >= 0.3 is 0 Å². The zero-order valence-electron chi connectivity index (χ0n) is 11.1. The van der Waals surface area contributed by atoms with Crippen molar-refractivity contribution in [2.45, 2.75) is 13.5 Å². The number of Topliss-reactive ketones (excluding diaryl/α,β-unsaturated/α-hetero) is 1. The lowest BCUT2D eigenvalue weighted by Gasteiger charge is -2.04. The van der Waals surface area contributed by atoms with Gasteiger partial charge in [-0.25, -0.2) is 0 Å². The van der Waals surface area contributed by atoms with E-state index >= 15 is 0 Å². The number of ketones is 1. The number of benzene rings is 1. The third-order valence-electron chi connectivity index (χ3n) is 3.36. The standard InChI is InChI=1S/C16H14N2O2/c1-11-6-7-18(16(20)8-11)10-15(19)13-9-17-14-5-3-2-4-12(13)14/h2-9,17H,10H2,1H3. The van der Waals surface area contributed by atoms with E-state index in [1.807, 2.05) is 37.3 Å². The molecule has 3 rings (SSSR count). The van der Waals surface area contributed by atoms with Gasteiger partial charge in [-0.1, -0.05) is 18.2 Å². The van der Waals surface area contributed by atoms with E-state index in [2.05, 4.69) is 4.98 Å². The van der Waals surface area contributed by atoms with Gasteiger partial charge in [0, 0.05) is 34.9 Å². The number of rotatable bonds is 3. The topological polar surface area (TPSA) is 54.9 Å². The molecule has 100 valence electrons. The number of aromatic amines is 1. The van der Waals surface area contributed by atoms with Crippen LogP contribution in [-0.2, 0) is 6.54 Å². The highest BCUT2D eigenvalue weighted by atomic mass is 16.1. The van der Waals surface area contributed by atoms with Crippen LogP contribution in [-0.4, -0.2) is 15.3 Å². The lowest BCUT2D eigenvalue weighted by Crippen LogP contribution is -2.23. The average molecular weight is 266 g/mol. The SMILES string of the molecule is Cc1ccn(CC(=O)c2c[nH]c3ccccc23)c(=O)c1. The largest absolute Gasteiger partial charge is 0.360 e. The van der Waals surface area contributed by atoms with E-state index in [-0.39, 0.29) is 17.9 Å². The second-order valence-electron chi connectivity index (χ2n) is 4.84. The Morgan fingerprint density at radius 1 is 1.25 bits per heavy atom. The summed E-state index contributed by atoms with van der Waals surface area (Å²) in [5.41, 5.74) is 2.28. The second-order valence-corrected chi connectivity index (χ2v) is 4.84. The molecule has 1 N–H and O–H groups in total. The van der Waals surface area contributed by atoms with Gasteiger partial charge in [-0.2, -0.15) is 0 Å². The van der Waals surface area contributed by atoms with Gasteiger partial charge in [-0.3, -0.25) is 9.59 Å². The maximum atomic E-state index is 12.3. The first-order valence-corrected chi connectivity index (χ1v) is 6.41. The first-order valence-electron chi connectivity index (χ1n) is 6.41. The minimum atomic E-state index is -0.154. The molecule has 4 nitrogen and oxygen atoms in total. The fourth-order valence-corrected chi connectivity index (χ4v) is 2.28. The monoisotopic (exact) mass is 266 g/mol. The van der Waals surface area contributed by atoms with Crippen LogP contribution >= 0.6 is 0 Å². The number of hydrogen-bond acceptors (Lipinski definition) is 2. The van der Waals surface area contributed by atoms with E-state index in [1.54, 1.807) is 12.4 Å². The lowest BCUT2D eigenvalue weighted by atomic mass is 10.1. The fourth-order valence-electron chi connectivity index (χ4n) is 2.28. The molecule has 0 atom stereocenters. The Morgan fingerprint density at radius 2 is 2.05 bits per heavy atom. The quantitative estimate of drug-likeness (QED) is 0.741. The highest BCUT2D eigenvalue weighted by Crippen LogP contribution is 2.18. The highest BCUT2D eigenvalue weighted by Gasteiger charge is 2.12. The molecule has 0 saturated heterocycles. The van der Waals surface area contributed by atoms with Crippen LogP contribution < -0.4 is 5.56 Å². The van der Waals surface area contributed by atoms with Crippen molar-refractivity contribution in [3.8, 4) is 0 Å². The molecule has 20 heavy (non-hydrogen) atoms. The minimum Gasteiger partial charge on any atom is -0.360 e. The first-order chi connectivity index (χ1) is 9.65. The maximum absolute atomic E-state index is 12.3. The molecular formula is C16H14N2O2. The van der Waals surface area contributed by atoms with E-state index in [0.29, 0.717) is 5.56 Å². The molecule has 2 aromatic heterocycles. The fraction of sp³-hybridized carbons (Fsp3) is 0.125. The van der Waals surface area contributed by atoms with Crippen molar-refractivity contribution in [1.29, 1.82) is 0 Å². The second kappa shape index (κ2) is 4.81. The summed E-state index contributed by atoms with van der Waals surface area (Å²) in [6.07, 6.45) is 3.36. The summed E-state index contributed by atoms with van der Waals surface area (Å²) in [6.45, 7) is 1.91. The summed E-state index contributed by atoms with van der Waals surface area (Å²) in [4.78, 5) is 27.2. The number of H-pyrrole nitrogens is 1. The van der Waals surface area contributed by atoms with Crippen LogP contribution in [0.5, 0.6) is 0 Å². The Morgan fingerprint density at radius 3 is 2.85 bits per heavy atom. The Labute approximate surface area is 115 Å². The lowest BCUT2D eigenvalue weighted by molar-refractivity contribution is 0.0972. The molecule has 0 aliphatic heterocycles. The number of aromatic nitrogens is 2. The van der Waals surface area contributed by atoms with Gasteiger partial charge in [-0.15, -0.1) is 0 Å². The molecule has 0 amide bonds. The molecule has 4 heteroatoms. The smallest absolute Gasteiger partial charge is 0.251 e. The highest BCUT2D eigenvalue weighted by molar-refractivity contribution is 6.07. The molecule has 0 spiro atoms. The van der Waals surface area contributed by atoms with Crippen molar-refractivity contribution in [3.05, 3.63) is 70.3 Å². The van der Waals surface area contributed by atoms with E-state index < -0.39 is 0 Å². The molecular weight excluding hydrogens is 252 g/mol. The average Bonchev–Trinajstić information content (AvgIpc) is 2.86. The minimum absolute atomic E-state index is 0.0565. The first kappa shape index (κ1) is 12.4. The Balaban J connectivity index is 1.95. The third-order valence-corrected chi connectivity index (χ3v) is 3.36. The van der Waals surface area contributed by atoms with Crippen LogP contribution in [0, 0.1) is 6.92 Å². The Bertz CT molecular complexity index is 843. The zero-order valence-corrected chi connectivity index (χ0v) is 11.1. The molecule has 2 heterocycles. The van der Waals surface area contributed by atoms with Gasteiger partial charge in [0.1, 0.15) is 0 Å². The van der Waals surface area contributed by atoms with Gasteiger partial charge < -0.3 is 9.55 Å². The molecule has 0 saturated carbocycles. The van der Waals surface area contributed by atoms with Crippen molar-refractivity contribution < 1.29 is 4.79 Å². The number of carbonyl (C=O) groups is 1. The number of hydrogen-bond donors (Lipinski definition) is 1. The van der Waals surface area contributed by atoms with Gasteiger partial charge in [-0.05, 0) is 24.6 Å². The Kier molecular flexibility index (Phi) is 2.99. The third kappa shape index (κ3) is 2.16. The number of pyridine rings is 1. The molecule has 0 aliphatic carbocycles. The summed E-state index contributed by atoms with van der Waals surface area (Å²) >= 11 is 0. The van der Waals surface area contributed by atoms with E-state index in [0.717, 1.165) is 16.5 Å². The van der Waals surface area contributed by atoms with Crippen molar-refractivity contribution in [1.82, 2.24) is 9.55 Å². The number of para-hydroxylation sites is 1. The molecule has 0 aliphatic rings. The van der Waals surface area contributed by atoms with Gasteiger partial charge in [0.15, 0.2) is 5.78 Å². The van der Waals surface area contributed by atoms with Crippen LogP contribution in [0.4, 0.5) is 0 Å². The summed E-state index contributed by atoms with van der Waals surface area (Å²) in [6, 6.07) is 11.0. The number of fused-ring (bicyclic) bond motifs is 1. The molecule has 0 unspecified atom stereocenters. The van der Waals surface area contributed by atoms with Gasteiger partial charge in [0.25, 0.3) is 5.56 Å². The van der Waals surface area contributed by atoms with Gasteiger partial charge in [0.2, 0.25) is 0 Å².